The number of anilines is 1. The van der Waals surface area contributed by atoms with Crippen LogP contribution in [-0.2, 0) is 0 Å². The van der Waals surface area contributed by atoms with Gasteiger partial charge >= 0.3 is 5.69 Å². The first-order valence-corrected chi connectivity index (χ1v) is 5.28. The van der Waals surface area contributed by atoms with Crippen molar-refractivity contribution >= 4 is 11.4 Å². The van der Waals surface area contributed by atoms with E-state index in [-0.39, 0.29) is 24.1 Å². The Balaban J connectivity index is 2.86. The van der Waals surface area contributed by atoms with Gasteiger partial charge in [-0.25, -0.2) is 0 Å². The fraction of sp³-hybridized carbons (Fsp3) is 0.455. The molecule has 1 rings (SSSR count). The van der Waals surface area contributed by atoms with Crippen LogP contribution in [0.15, 0.2) is 18.2 Å². The molecule has 0 aliphatic carbocycles. The molecule has 0 aliphatic heterocycles. The summed E-state index contributed by atoms with van der Waals surface area (Å²) in [5.41, 5.74) is 0.668. The topological polar surface area (TPSA) is 84.6 Å². The first-order chi connectivity index (χ1) is 8.08. The molecule has 0 heterocycles. The molecule has 0 fully saturated rings. The van der Waals surface area contributed by atoms with E-state index in [1.807, 2.05) is 6.92 Å². The smallest absolute Gasteiger partial charge is 0.311 e. The zero-order chi connectivity index (χ0) is 12.8. The predicted octanol–water partition coefficient (Wildman–Crippen LogP) is 1.79. The molecule has 0 spiro atoms. The highest BCUT2D eigenvalue weighted by Crippen LogP contribution is 2.29. The number of benzene rings is 1. The van der Waals surface area contributed by atoms with Crippen LogP contribution in [0.25, 0.3) is 0 Å². The zero-order valence-corrected chi connectivity index (χ0v) is 9.84. The van der Waals surface area contributed by atoms with Crippen LogP contribution in [0, 0.1) is 10.1 Å². The fourth-order valence-corrected chi connectivity index (χ4v) is 1.47. The molecule has 0 saturated heterocycles. The number of hydrogen-bond acceptors (Lipinski definition) is 5. The largest absolute Gasteiger partial charge is 0.490 e. The van der Waals surface area contributed by atoms with Crippen LogP contribution in [0.3, 0.4) is 0 Å². The summed E-state index contributed by atoms with van der Waals surface area (Å²) in [5.74, 6) is 0.219. The van der Waals surface area contributed by atoms with Crippen LogP contribution < -0.4 is 10.1 Å². The maximum Gasteiger partial charge on any atom is 0.311 e. The average molecular weight is 240 g/mol. The molecule has 94 valence electrons. The van der Waals surface area contributed by atoms with Crippen LogP contribution >= 0.6 is 0 Å². The number of nitro groups is 1. The van der Waals surface area contributed by atoms with E-state index < -0.39 is 4.92 Å². The number of nitrogens with one attached hydrogen (secondary N) is 1. The Kier molecular flexibility index (Phi) is 4.71. The summed E-state index contributed by atoms with van der Waals surface area (Å²) in [4.78, 5) is 10.2. The summed E-state index contributed by atoms with van der Waals surface area (Å²) in [7, 11) is 1.39. The molecule has 0 aliphatic rings. The SMILES string of the molecule is COc1cc(NC(C)CCO)ccc1[N+](=O)[O-]. The number of methoxy groups -OCH3 is 1. The second-order valence-electron chi connectivity index (χ2n) is 3.70. The van der Waals surface area contributed by atoms with Crippen molar-refractivity contribution in [2.45, 2.75) is 19.4 Å². The molecule has 1 unspecified atom stereocenters. The quantitative estimate of drug-likeness (QED) is 0.585. The van der Waals surface area contributed by atoms with Crippen molar-refractivity contribution in [1.82, 2.24) is 0 Å². The number of hydrogen-bond donors (Lipinski definition) is 2. The number of ether oxygens (including phenoxy) is 1. The third kappa shape index (κ3) is 3.60. The maximum atomic E-state index is 10.7. The van der Waals surface area contributed by atoms with Crippen molar-refractivity contribution in [3.8, 4) is 5.75 Å². The van der Waals surface area contributed by atoms with Gasteiger partial charge < -0.3 is 15.2 Å². The minimum atomic E-state index is -0.486. The molecule has 1 atom stereocenters. The van der Waals surface area contributed by atoms with Crippen molar-refractivity contribution in [3.05, 3.63) is 28.3 Å². The zero-order valence-electron chi connectivity index (χ0n) is 9.84. The van der Waals surface area contributed by atoms with Gasteiger partial charge in [-0.05, 0) is 19.4 Å². The van der Waals surface area contributed by atoms with Crippen molar-refractivity contribution < 1.29 is 14.8 Å². The molecular weight excluding hydrogens is 224 g/mol. The van der Waals surface area contributed by atoms with Crippen molar-refractivity contribution in [1.29, 1.82) is 0 Å². The first-order valence-electron chi connectivity index (χ1n) is 5.28. The van der Waals surface area contributed by atoms with Crippen LogP contribution in [0.1, 0.15) is 13.3 Å². The first kappa shape index (κ1) is 13.2. The number of nitrogens with zero attached hydrogens (tertiary/aromatic N) is 1. The number of rotatable bonds is 6. The van der Waals surface area contributed by atoms with Gasteiger partial charge in [-0.15, -0.1) is 0 Å². The van der Waals surface area contributed by atoms with Gasteiger partial charge in [0.1, 0.15) is 0 Å². The van der Waals surface area contributed by atoms with Gasteiger partial charge in [0.2, 0.25) is 0 Å². The summed E-state index contributed by atoms with van der Waals surface area (Å²) in [6.07, 6.45) is 0.610. The Hall–Kier alpha value is -1.82. The van der Waals surface area contributed by atoms with Gasteiger partial charge in [-0.3, -0.25) is 10.1 Å². The lowest BCUT2D eigenvalue weighted by atomic mass is 10.2. The molecule has 6 heteroatoms. The maximum absolute atomic E-state index is 10.7. The minimum absolute atomic E-state index is 0.0622. The molecule has 2 N–H and O–H groups in total. The molecule has 0 radical (unpaired) electrons. The summed E-state index contributed by atoms with van der Waals surface area (Å²) in [6.45, 7) is 2.02. The molecule has 0 amide bonds. The molecule has 1 aromatic carbocycles. The molecule has 0 bridgehead atoms. The normalized spacial score (nSPS) is 11.9. The Morgan fingerprint density at radius 1 is 1.59 bits per heavy atom. The van der Waals surface area contributed by atoms with Crippen LogP contribution in [-0.4, -0.2) is 29.8 Å². The van der Waals surface area contributed by atoms with Crippen LogP contribution in [0.2, 0.25) is 0 Å². The Bertz CT molecular complexity index is 395. The van der Waals surface area contributed by atoms with Gasteiger partial charge in [0.15, 0.2) is 5.75 Å². The number of nitro benzene ring substituents is 1. The van der Waals surface area contributed by atoms with E-state index in [0.29, 0.717) is 6.42 Å². The van der Waals surface area contributed by atoms with Gasteiger partial charge in [0, 0.05) is 30.5 Å². The van der Waals surface area contributed by atoms with Gasteiger partial charge in [-0.1, -0.05) is 0 Å². The van der Waals surface area contributed by atoms with Crippen LogP contribution in [0.5, 0.6) is 5.75 Å². The molecule has 1 aromatic rings. The second kappa shape index (κ2) is 6.05. The highest BCUT2D eigenvalue weighted by molar-refractivity contribution is 5.58. The minimum Gasteiger partial charge on any atom is -0.490 e. The number of aliphatic hydroxyl groups excluding tert-OH is 1. The second-order valence-corrected chi connectivity index (χ2v) is 3.70. The van der Waals surface area contributed by atoms with Crippen molar-refractivity contribution in [2.75, 3.05) is 19.0 Å². The standard InChI is InChI=1S/C11H16N2O4/c1-8(5-6-14)12-9-3-4-10(13(15)16)11(7-9)17-2/h3-4,7-8,12,14H,5-6H2,1-2H3. The predicted molar refractivity (Wildman–Crippen MR) is 64.4 cm³/mol. The molecule has 17 heavy (non-hydrogen) atoms. The third-order valence-corrected chi connectivity index (χ3v) is 2.35. The van der Waals surface area contributed by atoms with Gasteiger partial charge in [-0.2, -0.15) is 0 Å². The van der Waals surface area contributed by atoms with Gasteiger partial charge in [0.25, 0.3) is 0 Å². The Morgan fingerprint density at radius 3 is 2.82 bits per heavy atom. The monoisotopic (exact) mass is 240 g/mol. The summed E-state index contributed by atoms with van der Waals surface area (Å²) in [6, 6.07) is 4.68. The Labute approximate surface area is 99.4 Å². The fourth-order valence-electron chi connectivity index (χ4n) is 1.47. The van der Waals surface area contributed by atoms with E-state index in [4.69, 9.17) is 9.84 Å². The third-order valence-electron chi connectivity index (χ3n) is 2.35. The lowest BCUT2D eigenvalue weighted by Crippen LogP contribution is -2.16. The van der Waals surface area contributed by atoms with E-state index in [1.165, 1.54) is 13.2 Å². The van der Waals surface area contributed by atoms with Crippen molar-refractivity contribution in [2.24, 2.45) is 0 Å². The molecule has 6 nitrogen and oxygen atoms in total. The van der Waals surface area contributed by atoms with Gasteiger partial charge in [0.05, 0.1) is 12.0 Å². The lowest BCUT2D eigenvalue weighted by Gasteiger charge is -2.14. The molecule has 0 aromatic heterocycles. The molecule has 0 saturated carbocycles. The van der Waals surface area contributed by atoms with E-state index in [0.717, 1.165) is 5.69 Å². The van der Waals surface area contributed by atoms with E-state index >= 15 is 0 Å². The summed E-state index contributed by atoms with van der Waals surface area (Å²) >= 11 is 0. The van der Waals surface area contributed by atoms with E-state index in [1.54, 1.807) is 12.1 Å². The lowest BCUT2D eigenvalue weighted by molar-refractivity contribution is -0.385. The highest BCUT2D eigenvalue weighted by Gasteiger charge is 2.15. The van der Waals surface area contributed by atoms with E-state index in [2.05, 4.69) is 5.32 Å². The highest BCUT2D eigenvalue weighted by atomic mass is 16.6. The van der Waals surface area contributed by atoms with E-state index in [9.17, 15) is 10.1 Å². The molecular formula is C11H16N2O4. The summed E-state index contributed by atoms with van der Waals surface area (Å²) < 4.78 is 4.96. The Morgan fingerprint density at radius 2 is 2.29 bits per heavy atom. The number of aliphatic hydroxyl groups is 1. The van der Waals surface area contributed by atoms with Crippen molar-refractivity contribution in [3.63, 3.8) is 0 Å². The average Bonchev–Trinajstić information content (AvgIpc) is 2.28. The van der Waals surface area contributed by atoms with Crippen LogP contribution in [0.4, 0.5) is 11.4 Å². The summed E-state index contributed by atoms with van der Waals surface area (Å²) in [5, 5.41) is 22.6.